The van der Waals surface area contributed by atoms with Gasteiger partial charge in [0.15, 0.2) is 6.29 Å². The average molecular weight is 288 g/mol. The van der Waals surface area contributed by atoms with Gasteiger partial charge in [-0.3, -0.25) is 9.59 Å². The van der Waals surface area contributed by atoms with Crippen LogP contribution in [0.2, 0.25) is 0 Å². The summed E-state index contributed by atoms with van der Waals surface area (Å²) in [5.41, 5.74) is 3.03. The number of anilines is 1. The minimum atomic E-state index is -0.368. The molecule has 112 valence electrons. The molecule has 0 saturated carbocycles. The number of rotatable bonds is 4. The number of carbonyl (C=O) groups is 2. The van der Waals surface area contributed by atoms with Crippen molar-refractivity contribution >= 4 is 17.8 Å². The van der Waals surface area contributed by atoms with Crippen LogP contribution in [0.25, 0.3) is 0 Å². The van der Waals surface area contributed by atoms with Crippen LogP contribution in [0, 0.1) is 0 Å². The molecular formula is C16H20N2O3. The molecular weight excluding hydrogens is 268 g/mol. The number of benzene rings is 1. The molecule has 0 radical (unpaired) electrons. The van der Waals surface area contributed by atoms with Crippen LogP contribution in [0.1, 0.15) is 29.9 Å². The molecule has 3 atom stereocenters. The Balaban J connectivity index is 1.94. The summed E-state index contributed by atoms with van der Waals surface area (Å²) in [5.74, 6) is -0.550. The molecule has 0 aliphatic carbocycles. The zero-order valence-corrected chi connectivity index (χ0v) is 12.1. The minimum absolute atomic E-state index is 0.0952. The van der Waals surface area contributed by atoms with Crippen molar-refractivity contribution in [3.63, 3.8) is 0 Å². The van der Waals surface area contributed by atoms with Gasteiger partial charge in [-0.25, -0.2) is 0 Å². The van der Waals surface area contributed by atoms with E-state index in [9.17, 15) is 9.59 Å². The Bertz CT molecular complexity index is 552. The molecule has 1 saturated heterocycles. The highest BCUT2D eigenvalue weighted by Crippen LogP contribution is 2.39. The van der Waals surface area contributed by atoms with Crippen LogP contribution in [0.15, 0.2) is 18.2 Å². The maximum absolute atomic E-state index is 11.9. The molecule has 0 aromatic heterocycles. The van der Waals surface area contributed by atoms with E-state index < -0.39 is 0 Å². The van der Waals surface area contributed by atoms with Crippen molar-refractivity contribution in [2.24, 2.45) is 0 Å². The van der Waals surface area contributed by atoms with Gasteiger partial charge in [-0.2, -0.15) is 0 Å². The van der Waals surface area contributed by atoms with E-state index >= 15 is 0 Å². The molecule has 1 aromatic carbocycles. The molecule has 5 heteroatoms. The number of Topliss-reactive ketones (excluding diaryl/α,β-unsaturated/α-hetero) is 1. The van der Waals surface area contributed by atoms with Gasteiger partial charge in [-0.1, -0.05) is 19.1 Å². The van der Waals surface area contributed by atoms with Gasteiger partial charge in [0, 0.05) is 31.2 Å². The highest BCUT2D eigenvalue weighted by atomic mass is 16.5. The first-order chi connectivity index (χ1) is 10.2. The Morgan fingerprint density at radius 3 is 3.00 bits per heavy atom. The lowest BCUT2D eigenvalue weighted by molar-refractivity contribution is -0.130. The molecule has 0 bridgehead atoms. The van der Waals surface area contributed by atoms with Gasteiger partial charge in [0.1, 0.15) is 0 Å². The van der Waals surface area contributed by atoms with Crippen LogP contribution in [-0.4, -0.2) is 44.4 Å². The van der Waals surface area contributed by atoms with Crippen molar-refractivity contribution in [3.8, 4) is 0 Å². The van der Waals surface area contributed by atoms with Gasteiger partial charge in [0.25, 0.3) is 0 Å². The van der Waals surface area contributed by atoms with E-state index in [4.69, 9.17) is 4.74 Å². The van der Waals surface area contributed by atoms with Gasteiger partial charge in [-0.15, -0.1) is 0 Å². The summed E-state index contributed by atoms with van der Waals surface area (Å²) < 4.78 is 5.84. The summed E-state index contributed by atoms with van der Waals surface area (Å²) in [6.45, 7) is 5.02. The molecule has 2 aliphatic heterocycles. The molecule has 5 nitrogen and oxygen atoms in total. The zero-order valence-electron chi connectivity index (χ0n) is 12.1. The number of hydrogen-bond donors (Lipinski definition) is 2. The predicted molar refractivity (Wildman–Crippen MR) is 79.8 cm³/mol. The molecule has 21 heavy (non-hydrogen) atoms. The summed E-state index contributed by atoms with van der Waals surface area (Å²) >= 11 is 0. The van der Waals surface area contributed by atoms with E-state index in [-0.39, 0.29) is 23.7 Å². The number of fused-ring (bicyclic) bond motifs is 1. The maximum atomic E-state index is 11.9. The third-order valence-electron chi connectivity index (χ3n) is 4.45. The van der Waals surface area contributed by atoms with Crippen molar-refractivity contribution < 1.29 is 14.3 Å². The van der Waals surface area contributed by atoms with Gasteiger partial charge in [0.05, 0.1) is 18.6 Å². The van der Waals surface area contributed by atoms with Crippen molar-refractivity contribution in [3.05, 3.63) is 29.3 Å². The fourth-order valence-electron chi connectivity index (χ4n) is 3.27. The Morgan fingerprint density at radius 2 is 2.29 bits per heavy atom. The van der Waals surface area contributed by atoms with Gasteiger partial charge in [0.2, 0.25) is 5.78 Å². The summed E-state index contributed by atoms with van der Waals surface area (Å²) in [5, 5.41) is 6.56. The van der Waals surface area contributed by atoms with Crippen LogP contribution in [0.5, 0.6) is 0 Å². The zero-order chi connectivity index (χ0) is 14.8. The van der Waals surface area contributed by atoms with Gasteiger partial charge >= 0.3 is 0 Å². The summed E-state index contributed by atoms with van der Waals surface area (Å²) in [6.07, 6.45) is 0.527. The van der Waals surface area contributed by atoms with E-state index in [0.29, 0.717) is 19.4 Å². The molecule has 1 aromatic rings. The summed E-state index contributed by atoms with van der Waals surface area (Å²) in [7, 11) is 0. The molecule has 3 rings (SSSR count). The quantitative estimate of drug-likeness (QED) is 0.640. The standard InChI is InChI=1S/C16H20N2O3/c1-10(15-8-17-5-6-21-15)11-3-2-4-13-16(11)12(7-18-13)14(20)9-19/h2-4,9-10,12,15,17-18H,5-8H2,1H3. The third kappa shape index (κ3) is 2.59. The molecule has 0 spiro atoms. The third-order valence-corrected chi connectivity index (χ3v) is 4.45. The Morgan fingerprint density at radius 1 is 1.43 bits per heavy atom. The largest absolute Gasteiger partial charge is 0.384 e. The van der Waals surface area contributed by atoms with Gasteiger partial charge in [-0.05, 0) is 17.2 Å². The molecule has 1 fully saturated rings. The molecule has 3 unspecified atom stereocenters. The van der Waals surface area contributed by atoms with Crippen molar-refractivity contribution in [2.75, 3.05) is 31.6 Å². The van der Waals surface area contributed by atoms with Crippen LogP contribution in [0.4, 0.5) is 5.69 Å². The average Bonchev–Trinajstić information content (AvgIpc) is 2.98. The van der Waals surface area contributed by atoms with E-state index in [1.165, 1.54) is 0 Å². The van der Waals surface area contributed by atoms with Crippen molar-refractivity contribution in [1.82, 2.24) is 5.32 Å². The SMILES string of the molecule is CC(c1cccc2c1C(C(=O)C=O)CN2)C1CNCCO1. The van der Waals surface area contributed by atoms with Crippen LogP contribution in [-0.2, 0) is 14.3 Å². The van der Waals surface area contributed by atoms with E-state index in [0.717, 1.165) is 29.9 Å². The van der Waals surface area contributed by atoms with E-state index in [1.807, 2.05) is 18.2 Å². The molecule has 0 amide bonds. The highest BCUT2D eigenvalue weighted by molar-refractivity contribution is 6.28. The fraction of sp³-hybridized carbons (Fsp3) is 0.500. The van der Waals surface area contributed by atoms with Crippen LogP contribution >= 0.6 is 0 Å². The normalized spacial score (nSPS) is 25.8. The number of ketones is 1. The number of aldehydes is 1. The second-order valence-corrected chi connectivity index (χ2v) is 5.66. The molecule has 2 heterocycles. The first-order valence-corrected chi connectivity index (χ1v) is 7.40. The van der Waals surface area contributed by atoms with Gasteiger partial charge < -0.3 is 15.4 Å². The van der Waals surface area contributed by atoms with Crippen LogP contribution < -0.4 is 10.6 Å². The fourth-order valence-corrected chi connectivity index (χ4v) is 3.27. The Labute approximate surface area is 124 Å². The Kier molecular flexibility index (Phi) is 4.03. The van der Waals surface area contributed by atoms with E-state index in [1.54, 1.807) is 0 Å². The number of morpholine rings is 1. The lowest BCUT2D eigenvalue weighted by atomic mass is 9.84. The Hall–Kier alpha value is -1.72. The molecule has 2 N–H and O–H groups in total. The summed E-state index contributed by atoms with van der Waals surface area (Å²) in [6, 6.07) is 5.99. The van der Waals surface area contributed by atoms with E-state index in [2.05, 4.69) is 17.6 Å². The number of carbonyl (C=O) groups excluding carboxylic acids is 2. The number of hydrogen-bond acceptors (Lipinski definition) is 5. The smallest absolute Gasteiger partial charge is 0.204 e. The topological polar surface area (TPSA) is 67.4 Å². The monoisotopic (exact) mass is 288 g/mol. The first-order valence-electron chi connectivity index (χ1n) is 7.40. The second-order valence-electron chi connectivity index (χ2n) is 5.66. The predicted octanol–water partition coefficient (Wildman–Crippen LogP) is 1.06. The van der Waals surface area contributed by atoms with Crippen molar-refractivity contribution in [2.45, 2.75) is 24.9 Å². The second kappa shape index (κ2) is 5.95. The summed E-state index contributed by atoms with van der Waals surface area (Å²) in [4.78, 5) is 22.7. The lowest BCUT2D eigenvalue weighted by Gasteiger charge is -2.30. The number of nitrogens with one attached hydrogen (secondary N) is 2. The maximum Gasteiger partial charge on any atom is 0.204 e. The lowest BCUT2D eigenvalue weighted by Crippen LogP contribution is -2.41. The first kappa shape index (κ1) is 14.2. The van der Waals surface area contributed by atoms with Crippen LogP contribution in [0.3, 0.4) is 0 Å². The molecule has 2 aliphatic rings. The highest BCUT2D eigenvalue weighted by Gasteiger charge is 2.33. The minimum Gasteiger partial charge on any atom is -0.384 e. The van der Waals surface area contributed by atoms with Crippen molar-refractivity contribution in [1.29, 1.82) is 0 Å². The number of ether oxygens (including phenoxy) is 1.